The van der Waals surface area contributed by atoms with E-state index in [4.69, 9.17) is 25.8 Å². The van der Waals surface area contributed by atoms with Crippen molar-refractivity contribution in [2.45, 2.75) is 103 Å². The Morgan fingerprint density at radius 1 is 0.640 bits per heavy atom. The maximum absolute atomic E-state index is 5.73. The SMILES string of the molecule is CCCCCCCCC(CCCCCCCCCl)C(OC)(OC)OC. The fourth-order valence-electron chi connectivity index (χ4n) is 3.61. The van der Waals surface area contributed by atoms with Crippen molar-refractivity contribution in [3.8, 4) is 0 Å². The van der Waals surface area contributed by atoms with Crippen LogP contribution in [-0.4, -0.2) is 33.2 Å². The fourth-order valence-corrected chi connectivity index (χ4v) is 3.80. The molecule has 0 bridgehead atoms. The molecule has 1 unspecified atom stereocenters. The van der Waals surface area contributed by atoms with E-state index in [0.29, 0.717) is 5.92 Å². The van der Waals surface area contributed by atoms with E-state index in [-0.39, 0.29) is 0 Å². The van der Waals surface area contributed by atoms with Crippen LogP contribution < -0.4 is 0 Å². The largest absolute Gasteiger partial charge is 0.331 e. The van der Waals surface area contributed by atoms with Gasteiger partial charge in [0.25, 0.3) is 5.97 Å². The second-order valence-electron chi connectivity index (χ2n) is 7.07. The molecule has 0 radical (unpaired) electrons. The second kappa shape index (κ2) is 17.6. The van der Waals surface area contributed by atoms with Gasteiger partial charge in [-0.3, -0.25) is 0 Å². The number of methoxy groups -OCH3 is 3. The molecule has 25 heavy (non-hydrogen) atoms. The smallest absolute Gasteiger partial charge is 0.285 e. The predicted molar refractivity (Wildman–Crippen MR) is 108 cm³/mol. The van der Waals surface area contributed by atoms with Crippen molar-refractivity contribution in [1.29, 1.82) is 0 Å². The normalized spacial score (nSPS) is 13.3. The van der Waals surface area contributed by atoms with Crippen LogP contribution in [-0.2, 0) is 14.2 Å². The Morgan fingerprint density at radius 3 is 1.44 bits per heavy atom. The van der Waals surface area contributed by atoms with Crippen molar-refractivity contribution in [3.05, 3.63) is 0 Å². The second-order valence-corrected chi connectivity index (χ2v) is 7.45. The van der Waals surface area contributed by atoms with Crippen molar-refractivity contribution in [2.24, 2.45) is 5.92 Å². The molecule has 0 rings (SSSR count). The van der Waals surface area contributed by atoms with Gasteiger partial charge in [0.05, 0.1) is 0 Å². The molecule has 0 aromatic carbocycles. The van der Waals surface area contributed by atoms with Gasteiger partial charge in [0, 0.05) is 33.1 Å². The van der Waals surface area contributed by atoms with Crippen molar-refractivity contribution >= 4 is 11.6 Å². The van der Waals surface area contributed by atoms with E-state index in [1.165, 1.54) is 70.6 Å². The molecule has 0 heterocycles. The molecule has 0 aliphatic rings. The van der Waals surface area contributed by atoms with Crippen LogP contribution in [0.4, 0.5) is 0 Å². The third kappa shape index (κ3) is 11.5. The molecule has 0 aliphatic carbocycles. The summed E-state index contributed by atoms with van der Waals surface area (Å²) in [5, 5.41) is 0. The third-order valence-corrected chi connectivity index (χ3v) is 5.46. The fraction of sp³-hybridized carbons (Fsp3) is 1.00. The highest BCUT2D eigenvalue weighted by atomic mass is 35.5. The van der Waals surface area contributed by atoms with E-state index in [0.717, 1.165) is 25.1 Å². The molecule has 0 saturated carbocycles. The van der Waals surface area contributed by atoms with E-state index < -0.39 is 5.97 Å². The molecule has 0 amide bonds. The van der Waals surface area contributed by atoms with Gasteiger partial charge in [-0.15, -0.1) is 11.6 Å². The molecule has 0 fully saturated rings. The van der Waals surface area contributed by atoms with Crippen LogP contribution in [0.25, 0.3) is 0 Å². The van der Waals surface area contributed by atoms with Crippen LogP contribution in [0.2, 0.25) is 0 Å². The minimum atomic E-state index is -0.887. The van der Waals surface area contributed by atoms with Crippen molar-refractivity contribution in [2.75, 3.05) is 27.2 Å². The van der Waals surface area contributed by atoms with E-state index in [9.17, 15) is 0 Å². The number of unbranched alkanes of at least 4 members (excludes halogenated alkanes) is 10. The Kier molecular flexibility index (Phi) is 17.7. The van der Waals surface area contributed by atoms with Crippen LogP contribution in [0, 0.1) is 5.92 Å². The van der Waals surface area contributed by atoms with Gasteiger partial charge in [0.15, 0.2) is 0 Å². The standard InChI is InChI=1S/C21H43ClO3/c1-5-6-7-8-11-14-17-20(21(23-2,24-3)25-4)18-15-12-9-10-13-16-19-22/h20H,5-19H2,1-4H3. The van der Waals surface area contributed by atoms with Crippen LogP contribution in [0.15, 0.2) is 0 Å². The molecule has 1 atom stereocenters. The lowest BCUT2D eigenvalue weighted by atomic mass is 9.91. The maximum Gasteiger partial charge on any atom is 0.285 e. The lowest BCUT2D eigenvalue weighted by molar-refractivity contribution is -0.380. The predicted octanol–water partition coefficient (Wildman–Crippen LogP) is 6.92. The lowest BCUT2D eigenvalue weighted by Gasteiger charge is -2.36. The zero-order chi connectivity index (χ0) is 18.8. The number of hydrogen-bond acceptors (Lipinski definition) is 3. The van der Waals surface area contributed by atoms with Crippen molar-refractivity contribution in [1.82, 2.24) is 0 Å². The summed E-state index contributed by atoms with van der Waals surface area (Å²) in [7, 11) is 5.06. The molecule has 152 valence electrons. The summed E-state index contributed by atoms with van der Waals surface area (Å²) in [6.45, 7) is 2.26. The summed E-state index contributed by atoms with van der Waals surface area (Å²) >= 11 is 5.73. The summed E-state index contributed by atoms with van der Waals surface area (Å²) in [6.07, 6.45) is 17.5. The summed E-state index contributed by atoms with van der Waals surface area (Å²) in [5.41, 5.74) is 0. The van der Waals surface area contributed by atoms with Crippen LogP contribution in [0.1, 0.15) is 96.8 Å². The molecule has 0 aromatic rings. The average molecular weight is 379 g/mol. The highest BCUT2D eigenvalue weighted by Crippen LogP contribution is 2.33. The van der Waals surface area contributed by atoms with Crippen LogP contribution in [0.3, 0.4) is 0 Å². The van der Waals surface area contributed by atoms with E-state index >= 15 is 0 Å². The zero-order valence-corrected chi connectivity index (χ0v) is 18.0. The lowest BCUT2D eigenvalue weighted by Crippen LogP contribution is -2.44. The van der Waals surface area contributed by atoms with Crippen molar-refractivity contribution in [3.63, 3.8) is 0 Å². The zero-order valence-electron chi connectivity index (χ0n) is 17.3. The van der Waals surface area contributed by atoms with Gasteiger partial charge in [0.2, 0.25) is 0 Å². The molecule has 0 aliphatic heterocycles. The highest BCUT2D eigenvalue weighted by Gasteiger charge is 2.39. The number of ether oxygens (including phenoxy) is 3. The minimum absolute atomic E-state index is 0.293. The first kappa shape index (κ1) is 25.2. The monoisotopic (exact) mass is 378 g/mol. The number of rotatable bonds is 19. The third-order valence-electron chi connectivity index (χ3n) is 5.20. The van der Waals surface area contributed by atoms with Gasteiger partial charge in [-0.25, -0.2) is 0 Å². The van der Waals surface area contributed by atoms with Gasteiger partial charge in [-0.05, 0) is 19.3 Å². The van der Waals surface area contributed by atoms with Crippen LogP contribution in [0.5, 0.6) is 0 Å². The van der Waals surface area contributed by atoms with E-state index in [1.54, 1.807) is 21.3 Å². The molecular weight excluding hydrogens is 336 g/mol. The number of hydrogen-bond donors (Lipinski definition) is 0. The highest BCUT2D eigenvalue weighted by molar-refractivity contribution is 6.17. The first-order valence-electron chi connectivity index (χ1n) is 10.4. The van der Waals surface area contributed by atoms with Gasteiger partial charge in [0.1, 0.15) is 0 Å². The Hall–Kier alpha value is 0.170. The van der Waals surface area contributed by atoms with E-state index in [1.807, 2.05) is 0 Å². The van der Waals surface area contributed by atoms with Gasteiger partial charge in [-0.2, -0.15) is 0 Å². The molecule has 0 spiro atoms. The number of halogens is 1. The van der Waals surface area contributed by atoms with Gasteiger partial charge < -0.3 is 14.2 Å². The molecule has 0 aromatic heterocycles. The Bertz CT molecular complexity index is 262. The topological polar surface area (TPSA) is 27.7 Å². The minimum Gasteiger partial charge on any atom is -0.331 e. The Labute approximate surface area is 162 Å². The average Bonchev–Trinajstić information content (AvgIpc) is 2.64. The maximum atomic E-state index is 5.73. The molecule has 0 saturated heterocycles. The van der Waals surface area contributed by atoms with Crippen molar-refractivity contribution < 1.29 is 14.2 Å². The van der Waals surface area contributed by atoms with Gasteiger partial charge >= 0.3 is 0 Å². The van der Waals surface area contributed by atoms with E-state index in [2.05, 4.69) is 6.92 Å². The Morgan fingerprint density at radius 2 is 1.04 bits per heavy atom. The molecule has 0 N–H and O–H groups in total. The first-order chi connectivity index (χ1) is 12.2. The summed E-state index contributed by atoms with van der Waals surface area (Å²) in [6, 6.07) is 0. The Balaban J connectivity index is 4.24. The van der Waals surface area contributed by atoms with Gasteiger partial charge in [-0.1, -0.05) is 77.6 Å². The molecular formula is C21H43ClO3. The molecule has 3 nitrogen and oxygen atoms in total. The summed E-state index contributed by atoms with van der Waals surface area (Å²) in [5.74, 6) is 0.196. The summed E-state index contributed by atoms with van der Waals surface area (Å²) < 4.78 is 16.9. The molecule has 4 heteroatoms. The first-order valence-corrected chi connectivity index (χ1v) is 11.0. The van der Waals surface area contributed by atoms with Crippen LogP contribution >= 0.6 is 11.6 Å². The summed E-state index contributed by atoms with van der Waals surface area (Å²) in [4.78, 5) is 0. The number of alkyl halides is 1. The quantitative estimate of drug-likeness (QED) is 0.139.